The molecule has 2 aliphatic rings. The van der Waals surface area contributed by atoms with E-state index in [-0.39, 0.29) is 10.8 Å². The van der Waals surface area contributed by atoms with Gasteiger partial charge >= 0.3 is 11.8 Å². The van der Waals surface area contributed by atoms with E-state index in [0.29, 0.717) is 17.9 Å². The standard InChI is InChI=1S/C43H59N2O3P/c1-42(2,3)35-27-31(28-36(39(35)48-7)43(4,5)6)38(45-41(47)40(46)44-29-30-19-11-8-12-20-30)34-25-17-18-26-37(34)49(32-21-13-9-14-22-32)33-23-15-10-16-24-33/h8,11-12,17-20,25-28,32-33,38H,9-10,13-16,21-24,29H2,1-7H3,(H,44,46)(H,45,47)/t38-/m1/s1. The van der Waals surface area contributed by atoms with E-state index in [2.05, 4.69) is 88.6 Å². The Bertz CT molecular complexity index is 1510. The van der Waals surface area contributed by atoms with Crippen LogP contribution in [0.25, 0.3) is 0 Å². The first-order valence-electron chi connectivity index (χ1n) is 18.6. The Morgan fingerprint density at radius 1 is 0.735 bits per heavy atom. The zero-order chi connectivity index (χ0) is 35.2. The molecule has 0 aliphatic heterocycles. The van der Waals surface area contributed by atoms with E-state index >= 15 is 0 Å². The van der Waals surface area contributed by atoms with Crippen molar-refractivity contribution >= 4 is 25.0 Å². The second kappa shape index (κ2) is 16.2. The van der Waals surface area contributed by atoms with Crippen molar-refractivity contribution in [1.29, 1.82) is 0 Å². The van der Waals surface area contributed by atoms with Gasteiger partial charge in [-0.2, -0.15) is 0 Å². The third kappa shape index (κ3) is 9.14. The van der Waals surface area contributed by atoms with Gasteiger partial charge in [-0.25, -0.2) is 0 Å². The van der Waals surface area contributed by atoms with Crippen molar-refractivity contribution in [3.63, 3.8) is 0 Å². The van der Waals surface area contributed by atoms with Crippen LogP contribution in [0.1, 0.15) is 140 Å². The molecule has 2 fully saturated rings. The van der Waals surface area contributed by atoms with Crippen LogP contribution in [-0.2, 0) is 27.0 Å². The molecule has 6 heteroatoms. The average Bonchev–Trinajstić information content (AvgIpc) is 3.10. The molecule has 5 rings (SSSR count). The van der Waals surface area contributed by atoms with E-state index in [4.69, 9.17) is 4.74 Å². The monoisotopic (exact) mass is 682 g/mol. The lowest BCUT2D eigenvalue weighted by molar-refractivity contribution is -0.139. The zero-order valence-electron chi connectivity index (χ0n) is 31.0. The van der Waals surface area contributed by atoms with E-state index < -0.39 is 25.8 Å². The van der Waals surface area contributed by atoms with Crippen molar-refractivity contribution in [3.8, 4) is 5.75 Å². The largest absolute Gasteiger partial charge is 0.496 e. The number of hydrogen-bond donors (Lipinski definition) is 2. The minimum atomic E-state index is -0.617. The summed E-state index contributed by atoms with van der Waals surface area (Å²) in [7, 11) is 1.30. The predicted molar refractivity (Wildman–Crippen MR) is 205 cm³/mol. The van der Waals surface area contributed by atoms with Gasteiger partial charge in [-0.15, -0.1) is 0 Å². The van der Waals surface area contributed by atoms with Crippen molar-refractivity contribution in [2.45, 2.75) is 140 Å². The van der Waals surface area contributed by atoms with Crippen LogP contribution in [0, 0.1) is 0 Å². The summed E-state index contributed by atoms with van der Waals surface area (Å²) in [6, 6.07) is 22.6. The number of benzene rings is 3. The molecule has 2 aliphatic carbocycles. The molecule has 264 valence electrons. The van der Waals surface area contributed by atoms with Gasteiger partial charge < -0.3 is 15.4 Å². The molecule has 0 saturated heterocycles. The van der Waals surface area contributed by atoms with Crippen LogP contribution in [0.4, 0.5) is 0 Å². The summed E-state index contributed by atoms with van der Waals surface area (Å²) in [5.41, 5.74) is 6.27. The lowest BCUT2D eigenvalue weighted by atomic mass is 9.77. The lowest BCUT2D eigenvalue weighted by Crippen LogP contribution is -2.43. The summed E-state index contributed by atoms with van der Waals surface area (Å²) in [6.07, 6.45) is 13.1. The number of nitrogens with one attached hydrogen (secondary N) is 2. The normalized spacial score (nSPS) is 17.1. The molecule has 0 heterocycles. The Labute approximate surface area is 297 Å². The van der Waals surface area contributed by atoms with Gasteiger partial charge in [0.2, 0.25) is 0 Å². The molecule has 0 unspecified atom stereocenters. The molecule has 2 N–H and O–H groups in total. The predicted octanol–water partition coefficient (Wildman–Crippen LogP) is 9.58. The fraction of sp³-hybridized carbons (Fsp3) is 0.535. The number of methoxy groups -OCH3 is 1. The highest BCUT2D eigenvalue weighted by Gasteiger charge is 2.36. The highest BCUT2D eigenvalue weighted by atomic mass is 31.1. The number of rotatable bonds is 9. The third-order valence-corrected chi connectivity index (χ3v) is 14.1. The van der Waals surface area contributed by atoms with Crippen LogP contribution in [0.15, 0.2) is 66.7 Å². The third-order valence-electron chi connectivity index (χ3n) is 10.5. The number of hydrogen-bond acceptors (Lipinski definition) is 3. The maximum absolute atomic E-state index is 14.0. The first kappa shape index (κ1) is 37.1. The van der Waals surface area contributed by atoms with Crippen molar-refractivity contribution in [1.82, 2.24) is 10.6 Å². The number of carbonyl (C=O) groups is 2. The molecule has 3 aromatic rings. The molecule has 0 radical (unpaired) electrons. The Kier molecular flexibility index (Phi) is 12.3. The van der Waals surface area contributed by atoms with Crippen molar-refractivity contribution in [2.75, 3.05) is 7.11 Å². The molecule has 2 amide bonds. The van der Waals surface area contributed by atoms with Crippen molar-refractivity contribution < 1.29 is 14.3 Å². The molecular weight excluding hydrogens is 623 g/mol. The van der Waals surface area contributed by atoms with Crippen LogP contribution in [0.3, 0.4) is 0 Å². The molecule has 1 atom stereocenters. The topological polar surface area (TPSA) is 67.4 Å². The molecule has 0 bridgehead atoms. The summed E-state index contributed by atoms with van der Waals surface area (Å²) in [5, 5.41) is 7.58. The number of ether oxygens (including phenoxy) is 1. The maximum Gasteiger partial charge on any atom is 0.310 e. The summed E-state index contributed by atoms with van der Waals surface area (Å²) in [5.74, 6) is -0.330. The molecular formula is C43H59N2O3P. The summed E-state index contributed by atoms with van der Waals surface area (Å²) >= 11 is 0. The Balaban J connectivity index is 1.65. The Hall–Kier alpha value is -3.17. The molecule has 3 aromatic carbocycles. The Morgan fingerprint density at radius 2 is 1.24 bits per heavy atom. The fourth-order valence-corrected chi connectivity index (χ4v) is 11.9. The van der Waals surface area contributed by atoms with Crippen LogP contribution in [-0.4, -0.2) is 30.2 Å². The van der Waals surface area contributed by atoms with Gasteiger partial charge in [-0.05, 0) is 82.0 Å². The van der Waals surface area contributed by atoms with E-state index in [0.717, 1.165) is 33.6 Å². The molecule has 49 heavy (non-hydrogen) atoms. The van der Waals surface area contributed by atoms with Gasteiger partial charge in [0.15, 0.2) is 0 Å². The van der Waals surface area contributed by atoms with Gasteiger partial charge in [-0.3, -0.25) is 9.59 Å². The van der Waals surface area contributed by atoms with Crippen LogP contribution >= 0.6 is 7.92 Å². The first-order valence-corrected chi connectivity index (χ1v) is 20.1. The second-order valence-electron chi connectivity index (χ2n) is 16.3. The lowest BCUT2D eigenvalue weighted by Gasteiger charge is -2.40. The van der Waals surface area contributed by atoms with Crippen LogP contribution < -0.4 is 20.7 Å². The molecule has 0 aromatic heterocycles. The zero-order valence-corrected chi connectivity index (χ0v) is 31.9. The number of carbonyl (C=O) groups excluding carboxylic acids is 2. The van der Waals surface area contributed by atoms with Gasteiger partial charge in [0.1, 0.15) is 5.75 Å². The van der Waals surface area contributed by atoms with E-state index in [1.807, 2.05) is 30.3 Å². The van der Waals surface area contributed by atoms with Crippen LogP contribution in [0.5, 0.6) is 5.75 Å². The second-order valence-corrected chi connectivity index (χ2v) is 19.0. The number of amides is 2. The molecule has 2 saturated carbocycles. The van der Waals surface area contributed by atoms with Gasteiger partial charge in [-0.1, -0.05) is 143 Å². The van der Waals surface area contributed by atoms with Crippen molar-refractivity contribution in [2.24, 2.45) is 0 Å². The molecule has 0 spiro atoms. The minimum Gasteiger partial charge on any atom is -0.496 e. The summed E-state index contributed by atoms with van der Waals surface area (Å²) in [4.78, 5) is 27.4. The quantitative estimate of drug-likeness (QED) is 0.175. The smallest absolute Gasteiger partial charge is 0.310 e. The highest BCUT2D eigenvalue weighted by molar-refractivity contribution is 7.67. The highest BCUT2D eigenvalue weighted by Crippen LogP contribution is 2.56. The van der Waals surface area contributed by atoms with E-state index in [9.17, 15) is 9.59 Å². The summed E-state index contributed by atoms with van der Waals surface area (Å²) in [6.45, 7) is 13.6. The van der Waals surface area contributed by atoms with Gasteiger partial charge in [0, 0.05) is 17.7 Å². The van der Waals surface area contributed by atoms with Crippen LogP contribution in [0.2, 0.25) is 0 Å². The van der Waals surface area contributed by atoms with E-state index in [1.165, 1.54) is 69.5 Å². The fourth-order valence-electron chi connectivity index (χ4n) is 7.92. The van der Waals surface area contributed by atoms with Crippen molar-refractivity contribution in [3.05, 3.63) is 94.5 Å². The minimum absolute atomic E-state index is 0.209. The van der Waals surface area contributed by atoms with Gasteiger partial charge in [0.05, 0.1) is 13.2 Å². The maximum atomic E-state index is 14.0. The van der Waals surface area contributed by atoms with E-state index in [1.54, 1.807) is 7.11 Å². The Morgan fingerprint density at radius 3 is 1.76 bits per heavy atom. The SMILES string of the molecule is COc1c(C(C)(C)C)cc([C@@H](NC(=O)C(=O)NCc2ccccc2)c2ccccc2P(C2CCCCC2)C2CCCCC2)cc1C(C)(C)C. The summed E-state index contributed by atoms with van der Waals surface area (Å²) < 4.78 is 6.14. The average molecular weight is 683 g/mol. The first-order chi connectivity index (χ1) is 23.4. The molecule has 5 nitrogen and oxygen atoms in total. The van der Waals surface area contributed by atoms with Gasteiger partial charge in [0.25, 0.3) is 0 Å².